The van der Waals surface area contributed by atoms with Gasteiger partial charge in [0.2, 0.25) is 0 Å². The van der Waals surface area contributed by atoms with Crippen molar-refractivity contribution in [3.8, 4) is 0 Å². The number of hydrogen-bond donors (Lipinski definition) is 0. The SMILES string of the molecule is CC1=CCC2=C([CH]1)SC1=CC(C)[CH]C=C1S2. The molecule has 16 heavy (non-hydrogen) atoms. The largest absolute Gasteiger partial charge is 0.0925 e. The molecule has 0 aromatic rings. The van der Waals surface area contributed by atoms with Crippen LogP contribution in [0.15, 0.2) is 43.4 Å². The van der Waals surface area contributed by atoms with Crippen molar-refractivity contribution in [2.24, 2.45) is 5.92 Å². The molecule has 0 saturated carbocycles. The third kappa shape index (κ3) is 1.93. The van der Waals surface area contributed by atoms with Crippen LogP contribution >= 0.6 is 23.5 Å². The summed E-state index contributed by atoms with van der Waals surface area (Å²) in [6.07, 6.45) is 12.7. The zero-order valence-corrected chi connectivity index (χ0v) is 11.1. The minimum Gasteiger partial charge on any atom is -0.0925 e. The standard InChI is InChI=1S/C14H14S2/c1-9-3-5-11-13(7-9)16-14-8-10(2)4-6-12(14)15-11/h3-5,7-9H,6H2,1-2H3. The highest BCUT2D eigenvalue weighted by Crippen LogP contribution is 2.53. The lowest BCUT2D eigenvalue weighted by molar-refractivity contribution is 0.873. The highest BCUT2D eigenvalue weighted by molar-refractivity contribution is 8.15. The summed E-state index contributed by atoms with van der Waals surface area (Å²) in [4.78, 5) is 5.86. The van der Waals surface area contributed by atoms with E-state index in [1.807, 2.05) is 23.5 Å². The van der Waals surface area contributed by atoms with Crippen LogP contribution in [0.4, 0.5) is 0 Å². The monoisotopic (exact) mass is 246 g/mol. The van der Waals surface area contributed by atoms with Crippen LogP contribution in [0.3, 0.4) is 0 Å². The van der Waals surface area contributed by atoms with Crippen LogP contribution in [0.5, 0.6) is 0 Å². The van der Waals surface area contributed by atoms with E-state index in [1.165, 1.54) is 25.2 Å². The molecule has 1 atom stereocenters. The van der Waals surface area contributed by atoms with Crippen LogP contribution in [0.2, 0.25) is 0 Å². The fraction of sp³-hybridized carbons (Fsp3) is 0.286. The minimum absolute atomic E-state index is 0.578. The smallest absolute Gasteiger partial charge is 0.0229 e. The maximum atomic E-state index is 2.37. The quantitative estimate of drug-likeness (QED) is 0.599. The lowest BCUT2D eigenvalue weighted by Gasteiger charge is -2.28. The molecule has 0 fully saturated rings. The van der Waals surface area contributed by atoms with Crippen LogP contribution in [0.25, 0.3) is 0 Å². The van der Waals surface area contributed by atoms with E-state index in [9.17, 15) is 0 Å². The molecule has 3 aliphatic rings. The molecular formula is C14H14S2. The molecule has 0 aromatic heterocycles. The topological polar surface area (TPSA) is 0 Å². The Labute approximate surface area is 106 Å². The Morgan fingerprint density at radius 2 is 2.12 bits per heavy atom. The van der Waals surface area contributed by atoms with Gasteiger partial charge in [0.05, 0.1) is 0 Å². The van der Waals surface area contributed by atoms with Gasteiger partial charge in [-0.2, -0.15) is 0 Å². The molecule has 2 radical (unpaired) electrons. The molecule has 0 aromatic carbocycles. The number of hydrogen-bond acceptors (Lipinski definition) is 2. The molecule has 1 aliphatic heterocycles. The van der Waals surface area contributed by atoms with Crippen molar-refractivity contribution in [1.82, 2.24) is 0 Å². The van der Waals surface area contributed by atoms with Gasteiger partial charge in [-0.1, -0.05) is 54.2 Å². The van der Waals surface area contributed by atoms with E-state index >= 15 is 0 Å². The van der Waals surface area contributed by atoms with Crippen LogP contribution in [-0.4, -0.2) is 0 Å². The van der Waals surface area contributed by atoms with Gasteiger partial charge in [-0.25, -0.2) is 0 Å². The van der Waals surface area contributed by atoms with Crippen LogP contribution in [0.1, 0.15) is 20.3 Å². The zero-order valence-electron chi connectivity index (χ0n) is 9.49. The molecule has 0 nitrogen and oxygen atoms in total. The first-order valence-electron chi connectivity index (χ1n) is 5.60. The van der Waals surface area contributed by atoms with E-state index in [0.29, 0.717) is 5.92 Å². The summed E-state index contributed by atoms with van der Waals surface area (Å²) in [6, 6.07) is 0. The van der Waals surface area contributed by atoms with E-state index in [-0.39, 0.29) is 0 Å². The molecule has 0 saturated heterocycles. The Bertz CT molecular complexity index is 449. The van der Waals surface area contributed by atoms with E-state index in [1.54, 1.807) is 0 Å². The number of thioether (sulfide) groups is 2. The maximum Gasteiger partial charge on any atom is 0.0229 e. The van der Waals surface area contributed by atoms with Gasteiger partial charge in [-0.3, -0.25) is 0 Å². The van der Waals surface area contributed by atoms with Gasteiger partial charge >= 0.3 is 0 Å². The van der Waals surface area contributed by atoms with Crippen molar-refractivity contribution in [3.63, 3.8) is 0 Å². The molecular weight excluding hydrogens is 232 g/mol. The van der Waals surface area contributed by atoms with Crippen molar-refractivity contribution in [3.05, 3.63) is 56.3 Å². The minimum atomic E-state index is 0.578. The Morgan fingerprint density at radius 3 is 3.00 bits per heavy atom. The summed E-state index contributed by atoms with van der Waals surface area (Å²) >= 11 is 3.89. The Kier molecular flexibility index (Phi) is 2.80. The average molecular weight is 246 g/mol. The Hall–Kier alpha value is -0.340. The summed E-state index contributed by atoms with van der Waals surface area (Å²) in [5, 5.41) is 0. The first-order valence-corrected chi connectivity index (χ1v) is 7.23. The Balaban J connectivity index is 1.91. The van der Waals surface area contributed by atoms with E-state index in [4.69, 9.17) is 0 Å². The highest BCUT2D eigenvalue weighted by atomic mass is 32.2. The molecule has 1 heterocycles. The normalized spacial score (nSPS) is 28.9. The van der Waals surface area contributed by atoms with Gasteiger partial charge in [-0.05, 0) is 25.7 Å². The van der Waals surface area contributed by atoms with E-state index in [2.05, 4.69) is 44.9 Å². The molecule has 82 valence electrons. The first-order chi connectivity index (χ1) is 7.72. The second-order valence-corrected chi connectivity index (χ2v) is 6.62. The number of rotatable bonds is 0. The van der Waals surface area contributed by atoms with E-state index in [0.717, 1.165) is 6.42 Å². The number of allylic oxidation sites excluding steroid dienone is 6. The second kappa shape index (κ2) is 4.15. The summed E-state index contributed by atoms with van der Waals surface area (Å²) < 4.78 is 0. The van der Waals surface area contributed by atoms with Gasteiger partial charge in [-0.15, -0.1) is 0 Å². The summed E-state index contributed by atoms with van der Waals surface area (Å²) in [5.74, 6) is 0.578. The van der Waals surface area contributed by atoms with Gasteiger partial charge < -0.3 is 0 Å². The van der Waals surface area contributed by atoms with Crippen LogP contribution < -0.4 is 0 Å². The number of fused-ring (bicyclic) bond motifs is 1. The zero-order chi connectivity index (χ0) is 11.1. The fourth-order valence-electron chi connectivity index (χ4n) is 2.00. The van der Waals surface area contributed by atoms with Crippen LogP contribution in [-0.2, 0) is 0 Å². The van der Waals surface area contributed by atoms with Crippen molar-refractivity contribution in [2.45, 2.75) is 20.3 Å². The van der Waals surface area contributed by atoms with Crippen molar-refractivity contribution >= 4 is 23.5 Å². The van der Waals surface area contributed by atoms with Crippen molar-refractivity contribution in [2.75, 3.05) is 0 Å². The lowest BCUT2D eigenvalue weighted by Crippen LogP contribution is -2.05. The molecule has 2 aliphatic carbocycles. The van der Waals surface area contributed by atoms with E-state index < -0.39 is 0 Å². The molecule has 0 amide bonds. The summed E-state index contributed by atoms with van der Waals surface area (Å²) in [7, 11) is 0. The van der Waals surface area contributed by atoms with Crippen molar-refractivity contribution in [1.29, 1.82) is 0 Å². The first kappa shape index (κ1) is 10.8. The molecule has 3 rings (SSSR count). The third-order valence-electron chi connectivity index (χ3n) is 2.90. The lowest BCUT2D eigenvalue weighted by atomic mass is 10.0. The summed E-state index contributed by atoms with van der Waals surface area (Å²) in [5.41, 5.74) is 1.40. The van der Waals surface area contributed by atoms with Gasteiger partial charge in [0.15, 0.2) is 0 Å². The average Bonchev–Trinajstić information content (AvgIpc) is 2.26. The van der Waals surface area contributed by atoms with Gasteiger partial charge in [0.25, 0.3) is 0 Å². The van der Waals surface area contributed by atoms with Gasteiger partial charge in [0, 0.05) is 26.0 Å². The molecule has 2 heteroatoms. The molecule has 0 bridgehead atoms. The second-order valence-electron chi connectivity index (χ2n) is 4.40. The predicted molar refractivity (Wildman–Crippen MR) is 74.5 cm³/mol. The fourth-order valence-corrected chi connectivity index (χ4v) is 4.53. The van der Waals surface area contributed by atoms with Crippen LogP contribution in [0, 0.1) is 18.8 Å². The molecule has 1 unspecified atom stereocenters. The third-order valence-corrected chi connectivity index (χ3v) is 5.53. The predicted octanol–water partition coefficient (Wildman–Crippen LogP) is 4.85. The van der Waals surface area contributed by atoms with Gasteiger partial charge in [0.1, 0.15) is 0 Å². The molecule has 0 spiro atoms. The summed E-state index contributed by atoms with van der Waals surface area (Å²) in [6.45, 7) is 4.43. The Morgan fingerprint density at radius 1 is 1.25 bits per heavy atom. The maximum absolute atomic E-state index is 2.37. The van der Waals surface area contributed by atoms with Crippen molar-refractivity contribution < 1.29 is 0 Å². The molecule has 0 N–H and O–H groups in total. The highest BCUT2D eigenvalue weighted by Gasteiger charge is 2.25.